The molecule has 1 heteroatoms. The van der Waals surface area contributed by atoms with Gasteiger partial charge in [-0.1, -0.05) is 60.7 Å². The Morgan fingerprint density at radius 3 is 1.89 bits per heavy atom. The van der Waals surface area contributed by atoms with E-state index in [1.807, 2.05) is 7.05 Å². The monoisotopic (exact) mass is 237 g/mol. The van der Waals surface area contributed by atoms with Crippen molar-refractivity contribution in [1.29, 1.82) is 0 Å². The van der Waals surface area contributed by atoms with Crippen LogP contribution in [0.1, 0.15) is 17.5 Å². The van der Waals surface area contributed by atoms with Gasteiger partial charge in [0.2, 0.25) is 0 Å². The Labute approximate surface area is 109 Å². The van der Waals surface area contributed by atoms with Crippen LogP contribution in [0.2, 0.25) is 0 Å². The maximum absolute atomic E-state index is 3.32. The largest absolute Gasteiger partial charge is 0.319 e. The van der Waals surface area contributed by atoms with Crippen LogP contribution in [0.5, 0.6) is 0 Å². The van der Waals surface area contributed by atoms with Crippen molar-refractivity contribution in [2.75, 3.05) is 13.6 Å². The first-order valence-electron chi connectivity index (χ1n) is 6.63. The number of hydrogen-bond acceptors (Lipinski definition) is 1. The zero-order valence-electron chi connectivity index (χ0n) is 10.8. The van der Waals surface area contributed by atoms with Crippen molar-refractivity contribution in [3.05, 3.63) is 71.8 Å². The van der Waals surface area contributed by atoms with Crippen LogP contribution in [-0.2, 0) is 5.41 Å². The molecule has 0 amide bonds. The fraction of sp³-hybridized carbons (Fsp3) is 0.294. The minimum Gasteiger partial charge on any atom is -0.319 e. The molecule has 1 aliphatic rings. The van der Waals surface area contributed by atoms with Gasteiger partial charge < -0.3 is 5.32 Å². The van der Waals surface area contributed by atoms with Crippen LogP contribution < -0.4 is 5.32 Å². The second-order valence-corrected chi connectivity index (χ2v) is 5.16. The summed E-state index contributed by atoms with van der Waals surface area (Å²) in [5.74, 6) is 0.715. The Kier molecular flexibility index (Phi) is 2.92. The van der Waals surface area contributed by atoms with E-state index in [1.165, 1.54) is 17.5 Å². The zero-order valence-corrected chi connectivity index (χ0v) is 10.8. The van der Waals surface area contributed by atoms with Crippen molar-refractivity contribution in [3.8, 4) is 0 Å². The number of nitrogens with one attached hydrogen (secondary N) is 1. The lowest BCUT2D eigenvalue weighted by Crippen LogP contribution is -2.19. The highest BCUT2D eigenvalue weighted by atomic mass is 14.8. The molecule has 2 aromatic rings. The minimum absolute atomic E-state index is 0.242. The second-order valence-electron chi connectivity index (χ2n) is 5.16. The van der Waals surface area contributed by atoms with Crippen LogP contribution in [0.4, 0.5) is 0 Å². The van der Waals surface area contributed by atoms with Crippen molar-refractivity contribution in [2.45, 2.75) is 11.8 Å². The summed E-state index contributed by atoms with van der Waals surface area (Å²) in [6, 6.07) is 21.8. The molecule has 0 heterocycles. The zero-order chi connectivity index (χ0) is 12.4. The number of benzene rings is 2. The molecule has 1 aliphatic carbocycles. The molecule has 0 aliphatic heterocycles. The lowest BCUT2D eigenvalue weighted by atomic mass is 9.86. The van der Waals surface area contributed by atoms with Crippen molar-refractivity contribution in [2.24, 2.45) is 5.92 Å². The highest BCUT2D eigenvalue weighted by Gasteiger charge is 2.55. The predicted octanol–water partition coefficient (Wildman–Crippen LogP) is 3.21. The maximum atomic E-state index is 3.32. The summed E-state index contributed by atoms with van der Waals surface area (Å²) in [6.45, 7) is 1.09. The molecule has 1 saturated carbocycles. The Hall–Kier alpha value is -1.60. The molecule has 1 fully saturated rings. The van der Waals surface area contributed by atoms with E-state index in [9.17, 15) is 0 Å². The van der Waals surface area contributed by atoms with Crippen LogP contribution in [0.3, 0.4) is 0 Å². The molecule has 0 saturated heterocycles. The van der Waals surface area contributed by atoms with E-state index in [-0.39, 0.29) is 5.41 Å². The molecule has 1 N–H and O–H groups in total. The van der Waals surface area contributed by atoms with E-state index in [1.54, 1.807) is 0 Å². The van der Waals surface area contributed by atoms with Gasteiger partial charge in [0.05, 0.1) is 0 Å². The minimum atomic E-state index is 0.242. The van der Waals surface area contributed by atoms with E-state index in [0.717, 1.165) is 6.54 Å². The van der Waals surface area contributed by atoms with E-state index in [4.69, 9.17) is 0 Å². The first-order chi connectivity index (χ1) is 8.88. The highest BCUT2D eigenvalue weighted by Crippen LogP contribution is 2.58. The van der Waals surface area contributed by atoms with Crippen molar-refractivity contribution in [1.82, 2.24) is 5.32 Å². The Morgan fingerprint density at radius 2 is 1.44 bits per heavy atom. The molecule has 3 rings (SSSR count). The summed E-state index contributed by atoms with van der Waals surface area (Å²) >= 11 is 0. The molecule has 0 radical (unpaired) electrons. The normalized spacial score (nSPS) is 20.6. The van der Waals surface area contributed by atoms with Gasteiger partial charge in [-0.15, -0.1) is 0 Å². The summed E-state index contributed by atoms with van der Waals surface area (Å²) < 4.78 is 0. The van der Waals surface area contributed by atoms with Crippen LogP contribution >= 0.6 is 0 Å². The van der Waals surface area contributed by atoms with E-state index in [0.29, 0.717) is 5.92 Å². The average Bonchev–Trinajstić information content (AvgIpc) is 3.17. The molecule has 0 spiro atoms. The van der Waals surface area contributed by atoms with E-state index in [2.05, 4.69) is 66.0 Å². The third kappa shape index (κ3) is 1.75. The molecular formula is C17H19N. The molecule has 1 atom stereocenters. The van der Waals surface area contributed by atoms with Gasteiger partial charge in [-0.25, -0.2) is 0 Å². The molecule has 1 nitrogen and oxygen atoms in total. The molecule has 1 unspecified atom stereocenters. The van der Waals surface area contributed by atoms with E-state index >= 15 is 0 Å². The SMILES string of the molecule is CNCC1CC1(c1ccccc1)c1ccccc1. The van der Waals surface area contributed by atoms with Crippen LogP contribution in [0.15, 0.2) is 60.7 Å². The van der Waals surface area contributed by atoms with Crippen LogP contribution in [-0.4, -0.2) is 13.6 Å². The van der Waals surface area contributed by atoms with Gasteiger partial charge in [-0.3, -0.25) is 0 Å². The quantitative estimate of drug-likeness (QED) is 0.861. The fourth-order valence-corrected chi connectivity index (χ4v) is 3.17. The Bertz CT molecular complexity index is 464. The average molecular weight is 237 g/mol. The Morgan fingerprint density at radius 1 is 0.944 bits per heavy atom. The maximum Gasteiger partial charge on any atom is 0.0247 e. The van der Waals surface area contributed by atoms with Crippen LogP contribution in [0.25, 0.3) is 0 Å². The van der Waals surface area contributed by atoms with Crippen molar-refractivity contribution >= 4 is 0 Å². The third-order valence-electron chi connectivity index (χ3n) is 4.13. The molecule has 18 heavy (non-hydrogen) atoms. The van der Waals surface area contributed by atoms with Gasteiger partial charge in [0, 0.05) is 5.41 Å². The van der Waals surface area contributed by atoms with Gasteiger partial charge in [0.25, 0.3) is 0 Å². The lowest BCUT2D eigenvalue weighted by molar-refractivity contribution is 0.641. The van der Waals surface area contributed by atoms with Gasteiger partial charge in [0.15, 0.2) is 0 Å². The Balaban J connectivity index is 2.02. The van der Waals surface area contributed by atoms with Crippen LogP contribution in [0, 0.1) is 5.92 Å². The molecular weight excluding hydrogens is 218 g/mol. The summed E-state index contributed by atoms with van der Waals surface area (Å²) in [5.41, 5.74) is 3.15. The summed E-state index contributed by atoms with van der Waals surface area (Å²) in [5, 5.41) is 3.32. The third-order valence-corrected chi connectivity index (χ3v) is 4.13. The molecule has 0 bridgehead atoms. The fourth-order valence-electron chi connectivity index (χ4n) is 3.17. The summed E-state index contributed by atoms with van der Waals surface area (Å²) in [6.07, 6.45) is 1.25. The highest BCUT2D eigenvalue weighted by molar-refractivity contribution is 5.47. The van der Waals surface area contributed by atoms with E-state index < -0.39 is 0 Å². The van der Waals surface area contributed by atoms with Gasteiger partial charge >= 0.3 is 0 Å². The number of hydrogen-bond donors (Lipinski definition) is 1. The standard InChI is InChI=1S/C17H19N/c1-18-13-16-12-17(16,14-8-4-2-5-9-14)15-10-6-3-7-11-15/h2-11,16,18H,12-13H2,1H3. The summed E-state index contributed by atoms with van der Waals surface area (Å²) in [4.78, 5) is 0. The second kappa shape index (κ2) is 4.58. The molecule has 0 aromatic heterocycles. The van der Waals surface area contributed by atoms with Crippen molar-refractivity contribution < 1.29 is 0 Å². The first kappa shape index (κ1) is 11.5. The molecule has 2 aromatic carbocycles. The van der Waals surface area contributed by atoms with Gasteiger partial charge in [-0.2, -0.15) is 0 Å². The summed E-state index contributed by atoms with van der Waals surface area (Å²) in [7, 11) is 2.04. The predicted molar refractivity (Wildman–Crippen MR) is 75.7 cm³/mol. The first-order valence-corrected chi connectivity index (χ1v) is 6.63. The number of rotatable bonds is 4. The topological polar surface area (TPSA) is 12.0 Å². The van der Waals surface area contributed by atoms with Crippen molar-refractivity contribution in [3.63, 3.8) is 0 Å². The smallest absolute Gasteiger partial charge is 0.0247 e. The lowest BCUT2D eigenvalue weighted by Gasteiger charge is -2.19. The molecule has 92 valence electrons. The van der Waals surface area contributed by atoms with Gasteiger partial charge in [-0.05, 0) is 37.1 Å². The van der Waals surface area contributed by atoms with Gasteiger partial charge in [0.1, 0.15) is 0 Å².